The van der Waals surface area contributed by atoms with Gasteiger partial charge in [-0.1, -0.05) is 26.7 Å². The van der Waals surface area contributed by atoms with Gasteiger partial charge in [-0.25, -0.2) is 0 Å². The van der Waals surface area contributed by atoms with Crippen LogP contribution >= 0.6 is 0 Å². The summed E-state index contributed by atoms with van der Waals surface area (Å²) in [5.41, 5.74) is 0.239. The van der Waals surface area contributed by atoms with Gasteiger partial charge in [0.1, 0.15) is 0 Å². The lowest BCUT2D eigenvalue weighted by molar-refractivity contribution is -0.143. The monoisotopic (exact) mass is 281 g/mol. The van der Waals surface area contributed by atoms with Crippen molar-refractivity contribution in [2.75, 3.05) is 6.54 Å². The van der Waals surface area contributed by atoms with Gasteiger partial charge in [-0.2, -0.15) is 0 Å². The molecule has 114 valence electrons. The Balaban J connectivity index is 1.97. The highest BCUT2D eigenvalue weighted by Crippen LogP contribution is 2.43. The zero-order valence-corrected chi connectivity index (χ0v) is 12.9. The molecule has 2 aliphatic rings. The molecule has 0 aromatic rings. The average Bonchev–Trinajstić information content (AvgIpc) is 2.73. The van der Waals surface area contributed by atoms with Crippen molar-refractivity contribution in [3.8, 4) is 0 Å². The summed E-state index contributed by atoms with van der Waals surface area (Å²) in [6.07, 6.45) is 5.98. The average molecular weight is 281 g/mol. The van der Waals surface area contributed by atoms with Crippen LogP contribution in [0.2, 0.25) is 0 Å². The number of hydrogen-bond donors (Lipinski definition) is 1. The predicted octanol–water partition coefficient (Wildman–Crippen LogP) is 2.91. The maximum absolute atomic E-state index is 12.5. The number of carboxylic acid groups (broad SMARTS) is 1. The molecule has 2 rings (SSSR count). The summed E-state index contributed by atoms with van der Waals surface area (Å²) in [6, 6.07) is -0.160. The van der Waals surface area contributed by atoms with Crippen LogP contribution in [0.3, 0.4) is 0 Å². The molecule has 3 unspecified atom stereocenters. The molecule has 0 aromatic heterocycles. The highest BCUT2D eigenvalue weighted by Gasteiger charge is 2.40. The standard InChI is InChI=1S/C16H27NO3/c1-11-13(15(19)20)7-9-17(11)14(18)10-12-6-4-5-8-16(12,2)3/h11-13H,4-10H2,1-3H3,(H,19,20). The van der Waals surface area contributed by atoms with Crippen LogP contribution in [0.5, 0.6) is 0 Å². The van der Waals surface area contributed by atoms with Crippen LogP contribution in [-0.4, -0.2) is 34.5 Å². The van der Waals surface area contributed by atoms with Gasteiger partial charge in [0.25, 0.3) is 0 Å². The van der Waals surface area contributed by atoms with Crippen molar-refractivity contribution in [3.05, 3.63) is 0 Å². The lowest BCUT2D eigenvalue weighted by Gasteiger charge is -2.39. The van der Waals surface area contributed by atoms with E-state index in [9.17, 15) is 9.59 Å². The Bertz CT molecular complexity index is 391. The lowest BCUT2D eigenvalue weighted by atomic mass is 9.67. The van der Waals surface area contributed by atoms with Crippen LogP contribution in [0.4, 0.5) is 0 Å². The quantitative estimate of drug-likeness (QED) is 0.865. The number of hydrogen-bond acceptors (Lipinski definition) is 2. The minimum Gasteiger partial charge on any atom is -0.481 e. The Morgan fingerprint density at radius 3 is 2.50 bits per heavy atom. The molecule has 1 N–H and O–H groups in total. The molecule has 0 spiro atoms. The topological polar surface area (TPSA) is 57.6 Å². The van der Waals surface area contributed by atoms with Gasteiger partial charge >= 0.3 is 5.97 Å². The summed E-state index contributed by atoms with van der Waals surface area (Å²) < 4.78 is 0. The fourth-order valence-electron chi connectivity index (χ4n) is 3.89. The molecule has 0 radical (unpaired) electrons. The summed E-state index contributed by atoms with van der Waals surface area (Å²) >= 11 is 0. The van der Waals surface area contributed by atoms with E-state index in [2.05, 4.69) is 13.8 Å². The molecule has 2 fully saturated rings. The van der Waals surface area contributed by atoms with Gasteiger partial charge in [-0.15, -0.1) is 0 Å². The molecule has 1 aliphatic heterocycles. The van der Waals surface area contributed by atoms with Gasteiger partial charge in [0.15, 0.2) is 0 Å². The van der Waals surface area contributed by atoms with Crippen molar-refractivity contribution in [2.45, 2.75) is 65.3 Å². The van der Waals surface area contributed by atoms with Crippen molar-refractivity contribution >= 4 is 11.9 Å². The Labute approximate surface area is 121 Å². The van der Waals surface area contributed by atoms with Crippen LogP contribution < -0.4 is 0 Å². The zero-order valence-electron chi connectivity index (χ0n) is 12.9. The lowest BCUT2D eigenvalue weighted by Crippen LogP contribution is -2.40. The van der Waals surface area contributed by atoms with Crippen molar-refractivity contribution in [1.82, 2.24) is 4.90 Å². The molecular weight excluding hydrogens is 254 g/mol. The van der Waals surface area contributed by atoms with Crippen LogP contribution in [0.1, 0.15) is 59.3 Å². The molecule has 1 aliphatic carbocycles. The fraction of sp³-hybridized carbons (Fsp3) is 0.875. The van der Waals surface area contributed by atoms with Crippen LogP contribution in [-0.2, 0) is 9.59 Å². The second-order valence-corrected chi connectivity index (χ2v) is 7.20. The number of carboxylic acids is 1. The molecule has 4 heteroatoms. The van der Waals surface area contributed by atoms with Gasteiger partial charge in [0.05, 0.1) is 5.92 Å². The van der Waals surface area contributed by atoms with E-state index in [0.717, 1.165) is 6.42 Å². The molecule has 1 amide bonds. The number of aliphatic carboxylic acids is 1. The van der Waals surface area contributed by atoms with Gasteiger partial charge in [-0.3, -0.25) is 9.59 Å². The number of likely N-dealkylation sites (tertiary alicyclic amines) is 1. The summed E-state index contributed by atoms with van der Waals surface area (Å²) in [5, 5.41) is 9.15. The Kier molecular flexibility index (Phi) is 4.40. The van der Waals surface area contributed by atoms with Crippen molar-refractivity contribution < 1.29 is 14.7 Å². The van der Waals surface area contributed by atoms with E-state index >= 15 is 0 Å². The molecule has 1 saturated heterocycles. The molecule has 3 atom stereocenters. The van der Waals surface area contributed by atoms with E-state index in [4.69, 9.17) is 5.11 Å². The van der Waals surface area contributed by atoms with Gasteiger partial charge in [0, 0.05) is 19.0 Å². The third kappa shape index (κ3) is 2.99. The van der Waals surface area contributed by atoms with E-state index in [1.807, 2.05) is 6.92 Å². The number of carbonyl (C=O) groups excluding carboxylic acids is 1. The van der Waals surface area contributed by atoms with Crippen molar-refractivity contribution in [2.24, 2.45) is 17.3 Å². The van der Waals surface area contributed by atoms with Gasteiger partial charge in [-0.05, 0) is 37.5 Å². The number of rotatable bonds is 3. The maximum Gasteiger partial charge on any atom is 0.308 e. The van der Waals surface area contributed by atoms with E-state index in [-0.39, 0.29) is 17.4 Å². The van der Waals surface area contributed by atoms with E-state index in [1.54, 1.807) is 4.90 Å². The molecule has 1 heterocycles. The van der Waals surface area contributed by atoms with E-state index < -0.39 is 11.9 Å². The molecule has 0 aromatic carbocycles. The Morgan fingerprint density at radius 1 is 1.25 bits per heavy atom. The van der Waals surface area contributed by atoms with Crippen LogP contribution in [0.15, 0.2) is 0 Å². The first-order valence-corrected chi connectivity index (χ1v) is 7.85. The second kappa shape index (κ2) is 5.74. The number of amides is 1. The smallest absolute Gasteiger partial charge is 0.308 e. The summed E-state index contributed by atoms with van der Waals surface area (Å²) in [4.78, 5) is 25.4. The fourth-order valence-corrected chi connectivity index (χ4v) is 3.89. The van der Waals surface area contributed by atoms with Gasteiger partial charge in [0.2, 0.25) is 5.91 Å². The van der Waals surface area contributed by atoms with Crippen LogP contribution in [0.25, 0.3) is 0 Å². The molecule has 4 nitrogen and oxygen atoms in total. The molecule has 20 heavy (non-hydrogen) atoms. The summed E-state index contributed by atoms with van der Waals surface area (Å²) in [7, 11) is 0. The summed E-state index contributed by atoms with van der Waals surface area (Å²) in [6.45, 7) is 6.99. The third-order valence-corrected chi connectivity index (χ3v) is 5.54. The minimum absolute atomic E-state index is 0.154. The molecular formula is C16H27NO3. The zero-order chi connectivity index (χ0) is 14.9. The highest BCUT2D eigenvalue weighted by atomic mass is 16.4. The Hall–Kier alpha value is -1.06. The second-order valence-electron chi connectivity index (χ2n) is 7.20. The summed E-state index contributed by atoms with van der Waals surface area (Å²) in [5.74, 6) is -0.565. The van der Waals surface area contributed by atoms with E-state index in [1.165, 1.54) is 19.3 Å². The molecule has 0 bridgehead atoms. The Morgan fingerprint density at radius 2 is 1.95 bits per heavy atom. The predicted molar refractivity (Wildman–Crippen MR) is 77.3 cm³/mol. The minimum atomic E-state index is -0.772. The van der Waals surface area contributed by atoms with Crippen LogP contribution in [0, 0.1) is 17.3 Å². The highest BCUT2D eigenvalue weighted by molar-refractivity contribution is 5.79. The largest absolute Gasteiger partial charge is 0.481 e. The van der Waals surface area contributed by atoms with Gasteiger partial charge < -0.3 is 10.0 Å². The number of nitrogens with zero attached hydrogens (tertiary/aromatic N) is 1. The SMILES string of the molecule is CC1C(C(=O)O)CCN1C(=O)CC1CCCCC1(C)C. The van der Waals surface area contributed by atoms with Crippen molar-refractivity contribution in [3.63, 3.8) is 0 Å². The first-order chi connectivity index (χ1) is 9.33. The first-order valence-electron chi connectivity index (χ1n) is 7.85. The van der Waals surface area contributed by atoms with E-state index in [0.29, 0.717) is 25.3 Å². The molecule has 1 saturated carbocycles. The number of carbonyl (C=O) groups is 2. The normalized spacial score (nSPS) is 33.1. The maximum atomic E-state index is 12.5. The van der Waals surface area contributed by atoms with Crippen molar-refractivity contribution in [1.29, 1.82) is 0 Å². The first kappa shape index (κ1) is 15.3. The third-order valence-electron chi connectivity index (χ3n) is 5.54.